The molecular weight excluding hydrogens is 162 g/mol. The zero-order valence-electron chi connectivity index (χ0n) is 6.93. The summed E-state index contributed by atoms with van der Waals surface area (Å²) in [4.78, 5) is 31.8. The molecule has 6 nitrogen and oxygen atoms in total. The van der Waals surface area contributed by atoms with E-state index in [-0.39, 0.29) is 12.5 Å². The van der Waals surface area contributed by atoms with E-state index < -0.39 is 11.8 Å². The third-order valence-electron chi connectivity index (χ3n) is 1.12. The molecule has 0 aliphatic rings. The first-order valence-corrected chi connectivity index (χ1v) is 3.32. The third kappa shape index (κ3) is 3.55. The fraction of sp³-hybridized carbons (Fsp3) is 0.500. The Balaban J connectivity index is 3.72. The molecule has 6 heteroatoms. The minimum absolute atomic E-state index is 0.192. The molecule has 0 saturated carbocycles. The Hall–Kier alpha value is -1.59. The van der Waals surface area contributed by atoms with E-state index in [1.807, 2.05) is 0 Å². The van der Waals surface area contributed by atoms with E-state index in [0.29, 0.717) is 0 Å². The molecule has 3 amide bonds. The molecule has 0 rings (SSSR count). The average Bonchev–Trinajstić information content (AvgIpc) is 2.11. The summed E-state index contributed by atoms with van der Waals surface area (Å²) >= 11 is 0. The van der Waals surface area contributed by atoms with Gasteiger partial charge in [0, 0.05) is 14.1 Å². The van der Waals surface area contributed by atoms with Gasteiger partial charge in [0.05, 0.1) is 6.54 Å². The van der Waals surface area contributed by atoms with Crippen molar-refractivity contribution >= 4 is 17.7 Å². The predicted molar refractivity (Wildman–Crippen MR) is 41.1 cm³/mol. The molecule has 0 aliphatic heterocycles. The molecule has 0 aromatic rings. The standard InChI is InChI=1S/C6H11N3O3/c1-7-4(10)3-9-6(12)5(11)8-2/h3H2,1-2H3,(H,7,10)(H,8,11)(H,9,12). The second-order valence-electron chi connectivity index (χ2n) is 1.93. The van der Waals surface area contributed by atoms with Gasteiger partial charge >= 0.3 is 11.8 Å². The first-order chi connectivity index (χ1) is 5.61. The summed E-state index contributed by atoms with van der Waals surface area (Å²) < 4.78 is 0. The van der Waals surface area contributed by atoms with E-state index in [9.17, 15) is 14.4 Å². The molecule has 0 atom stereocenters. The van der Waals surface area contributed by atoms with Crippen molar-refractivity contribution in [2.75, 3.05) is 20.6 Å². The molecule has 0 spiro atoms. The predicted octanol–water partition coefficient (Wildman–Crippen LogP) is -2.41. The number of carbonyl (C=O) groups is 3. The maximum absolute atomic E-state index is 10.7. The second kappa shape index (κ2) is 5.11. The molecule has 0 radical (unpaired) electrons. The fourth-order valence-electron chi connectivity index (χ4n) is 0.443. The first-order valence-electron chi connectivity index (χ1n) is 3.32. The zero-order chi connectivity index (χ0) is 9.56. The lowest BCUT2D eigenvalue weighted by Crippen LogP contribution is -2.42. The SMILES string of the molecule is CNC(=O)CNC(=O)C(=O)NC. The lowest BCUT2D eigenvalue weighted by molar-refractivity contribution is -0.139. The number of nitrogens with one attached hydrogen (secondary N) is 3. The molecule has 0 aromatic carbocycles. The van der Waals surface area contributed by atoms with Crippen LogP contribution in [0.25, 0.3) is 0 Å². The van der Waals surface area contributed by atoms with Crippen molar-refractivity contribution in [2.24, 2.45) is 0 Å². The Morgan fingerprint density at radius 2 is 1.58 bits per heavy atom. The molecule has 12 heavy (non-hydrogen) atoms. The van der Waals surface area contributed by atoms with E-state index >= 15 is 0 Å². The second-order valence-corrected chi connectivity index (χ2v) is 1.93. The van der Waals surface area contributed by atoms with Crippen LogP contribution in [0.5, 0.6) is 0 Å². The summed E-state index contributed by atoms with van der Waals surface area (Å²) in [7, 11) is 2.77. The van der Waals surface area contributed by atoms with Gasteiger partial charge in [-0.2, -0.15) is 0 Å². The summed E-state index contributed by atoms with van der Waals surface area (Å²) in [5, 5.41) is 6.54. The van der Waals surface area contributed by atoms with Crippen LogP contribution in [0.4, 0.5) is 0 Å². The molecular formula is C6H11N3O3. The van der Waals surface area contributed by atoms with Gasteiger partial charge in [-0.25, -0.2) is 0 Å². The van der Waals surface area contributed by atoms with E-state index in [2.05, 4.69) is 16.0 Å². The number of rotatable bonds is 2. The molecule has 0 fully saturated rings. The van der Waals surface area contributed by atoms with Crippen LogP contribution in [0, 0.1) is 0 Å². The monoisotopic (exact) mass is 173 g/mol. The third-order valence-corrected chi connectivity index (χ3v) is 1.12. The molecule has 0 aromatic heterocycles. The van der Waals surface area contributed by atoms with E-state index in [1.165, 1.54) is 14.1 Å². The normalized spacial score (nSPS) is 8.50. The molecule has 0 heterocycles. The van der Waals surface area contributed by atoms with Gasteiger partial charge in [-0.05, 0) is 0 Å². The van der Waals surface area contributed by atoms with Crippen LogP contribution in [0.1, 0.15) is 0 Å². The summed E-state index contributed by atoms with van der Waals surface area (Å²) in [5.41, 5.74) is 0. The molecule has 3 N–H and O–H groups in total. The highest BCUT2D eigenvalue weighted by molar-refractivity contribution is 6.35. The largest absolute Gasteiger partial charge is 0.358 e. The van der Waals surface area contributed by atoms with Crippen LogP contribution in [0.2, 0.25) is 0 Å². The van der Waals surface area contributed by atoms with Gasteiger partial charge in [-0.15, -0.1) is 0 Å². The first kappa shape index (κ1) is 10.4. The van der Waals surface area contributed by atoms with E-state index in [4.69, 9.17) is 0 Å². The van der Waals surface area contributed by atoms with Crippen molar-refractivity contribution in [1.29, 1.82) is 0 Å². The van der Waals surface area contributed by atoms with Gasteiger partial charge in [-0.3, -0.25) is 14.4 Å². The number of carbonyl (C=O) groups excluding carboxylic acids is 3. The topological polar surface area (TPSA) is 87.3 Å². The Morgan fingerprint density at radius 3 is 2.00 bits per heavy atom. The lowest BCUT2D eigenvalue weighted by atomic mass is 10.5. The lowest BCUT2D eigenvalue weighted by Gasteiger charge is -2.01. The van der Waals surface area contributed by atoms with Gasteiger partial charge in [0.25, 0.3) is 0 Å². The van der Waals surface area contributed by atoms with Crippen molar-refractivity contribution < 1.29 is 14.4 Å². The highest BCUT2D eigenvalue weighted by atomic mass is 16.2. The number of hydrogen-bond donors (Lipinski definition) is 3. The highest BCUT2D eigenvalue weighted by Crippen LogP contribution is 1.66. The van der Waals surface area contributed by atoms with Crippen molar-refractivity contribution in [1.82, 2.24) is 16.0 Å². The number of amides is 3. The highest BCUT2D eigenvalue weighted by Gasteiger charge is 2.10. The average molecular weight is 173 g/mol. The fourth-order valence-corrected chi connectivity index (χ4v) is 0.443. The van der Waals surface area contributed by atoms with E-state index in [0.717, 1.165) is 0 Å². The van der Waals surface area contributed by atoms with Crippen LogP contribution in [-0.4, -0.2) is 38.4 Å². The number of hydrogen-bond acceptors (Lipinski definition) is 3. The molecule has 0 aliphatic carbocycles. The van der Waals surface area contributed by atoms with Crippen LogP contribution in [-0.2, 0) is 14.4 Å². The Bertz CT molecular complexity index is 202. The molecule has 0 saturated heterocycles. The van der Waals surface area contributed by atoms with Crippen LogP contribution in [0.3, 0.4) is 0 Å². The molecule has 0 bridgehead atoms. The van der Waals surface area contributed by atoms with Crippen LogP contribution in [0.15, 0.2) is 0 Å². The summed E-state index contributed by atoms with van der Waals surface area (Å²) in [6.45, 7) is -0.192. The van der Waals surface area contributed by atoms with Crippen molar-refractivity contribution in [3.8, 4) is 0 Å². The van der Waals surface area contributed by atoms with Gasteiger partial charge in [0.15, 0.2) is 0 Å². The zero-order valence-corrected chi connectivity index (χ0v) is 6.93. The smallest absolute Gasteiger partial charge is 0.309 e. The number of likely N-dealkylation sites (N-methyl/N-ethyl adjacent to an activating group) is 2. The van der Waals surface area contributed by atoms with Gasteiger partial charge in [0.2, 0.25) is 5.91 Å². The Labute approximate surface area is 69.7 Å². The Kier molecular flexibility index (Phi) is 4.43. The van der Waals surface area contributed by atoms with Gasteiger partial charge in [-0.1, -0.05) is 0 Å². The molecule has 68 valence electrons. The van der Waals surface area contributed by atoms with Gasteiger partial charge in [0.1, 0.15) is 0 Å². The Morgan fingerprint density at radius 1 is 1.00 bits per heavy atom. The van der Waals surface area contributed by atoms with Crippen molar-refractivity contribution in [3.63, 3.8) is 0 Å². The minimum Gasteiger partial charge on any atom is -0.358 e. The minimum atomic E-state index is -0.818. The maximum atomic E-state index is 10.7. The summed E-state index contributed by atoms with van der Waals surface area (Å²) in [5.74, 6) is -1.94. The summed E-state index contributed by atoms with van der Waals surface area (Å²) in [6.07, 6.45) is 0. The van der Waals surface area contributed by atoms with Gasteiger partial charge < -0.3 is 16.0 Å². The van der Waals surface area contributed by atoms with Crippen molar-refractivity contribution in [2.45, 2.75) is 0 Å². The van der Waals surface area contributed by atoms with Crippen LogP contribution >= 0.6 is 0 Å². The van der Waals surface area contributed by atoms with Crippen LogP contribution < -0.4 is 16.0 Å². The maximum Gasteiger partial charge on any atom is 0.309 e. The quantitative estimate of drug-likeness (QED) is 0.407. The van der Waals surface area contributed by atoms with E-state index in [1.54, 1.807) is 0 Å². The summed E-state index contributed by atoms with van der Waals surface area (Å²) in [6, 6.07) is 0. The van der Waals surface area contributed by atoms with Crippen molar-refractivity contribution in [3.05, 3.63) is 0 Å². The molecule has 0 unspecified atom stereocenters.